The Morgan fingerprint density at radius 2 is 2.23 bits per heavy atom. The number of unbranched alkanes of at least 4 members (excludes halogenated alkanes) is 1. The third-order valence-electron chi connectivity index (χ3n) is 3.72. The molecule has 4 rings (SSSR count). The average molecular weight is 395 g/mol. The number of nitrogens with zero attached hydrogens (tertiary/aromatic N) is 4. The lowest BCUT2D eigenvalue weighted by molar-refractivity contribution is 0.591. The van der Waals surface area contributed by atoms with E-state index >= 15 is 0 Å². The Bertz CT molecular complexity index is 743. The van der Waals surface area contributed by atoms with Gasteiger partial charge in [-0.15, -0.1) is 10.2 Å². The van der Waals surface area contributed by atoms with Gasteiger partial charge in [0.25, 0.3) is 0 Å². The van der Waals surface area contributed by atoms with Gasteiger partial charge in [-0.2, -0.15) is 0 Å². The molecule has 22 heavy (non-hydrogen) atoms. The van der Waals surface area contributed by atoms with Gasteiger partial charge in [-0.1, -0.05) is 53.2 Å². The average Bonchev–Trinajstić information content (AvgIpc) is 3.16. The molecule has 0 aliphatic carbocycles. The number of aromatic nitrogens is 3. The minimum atomic E-state index is 0.248. The summed E-state index contributed by atoms with van der Waals surface area (Å²) < 4.78 is 3.32. The van der Waals surface area contributed by atoms with Crippen molar-refractivity contribution >= 4 is 39.5 Å². The Morgan fingerprint density at radius 1 is 1.32 bits per heavy atom. The third-order valence-corrected chi connectivity index (χ3v) is 6.40. The van der Waals surface area contributed by atoms with E-state index in [2.05, 4.69) is 72.4 Å². The van der Waals surface area contributed by atoms with Crippen LogP contribution in [0.25, 0.3) is 0 Å². The first-order chi connectivity index (χ1) is 10.8. The summed E-state index contributed by atoms with van der Waals surface area (Å²) in [6.45, 7) is 2.21. The minimum absolute atomic E-state index is 0.248. The maximum atomic E-state index is 4.39. The van der Waals surface area contributed by atoms with Gasteiger partial charge in [0.2, 0.25) is 5.16 Å². The zero-order valence-electron chi connectivity index (χ0n) is 12.1. The summed E-state index contributed by atoms with van der Waals surface area (Å²) in [7, 11) is 0. The molecule has 2 aromatic rings. The van der Waals surface area contributed by atoms with Gasteiger partial charge in [0, 0.05) is 16.3 Å². The molecular formula is C15H15BrN4S2. The predicted molar refractivity (Wildman–Crippen MR) is 95.3 cm³/mol. The van der Waals surface area contributed by atoms with Crippen LogP contribution in [0, 0.1) is 0 Å². The molecule has 2 aliphatic heterocycles. The van der Waals surface area contributed by atoms with E-state index in [1.54, 1.807) is 11.8 Å². The van der Waals surface area contributed by atoms with E-state index in [-0.39, 0.29) is 5.37 Å². The van der Waals surface area contributed by atoms with Crippen LogP contribution in [-0.4, -0.2) is 14.9 Å². The first-order valence-electron chi connectivity index (χ1n) is 7.30. The van der Waals surface area contributed by atoms with Crippen molar-refractivity contribution in [2.45, 2.75) is 36.7 Å². The van der Waals surface area contributed by atoms with E-state index < -0.39 is 0 Å². The molecule has 2 aliphatic rings. The van der Waals surface area contributed by atoms with Crippen LogP contribution in [0.4, 0.5) is 0 Å². The van der Waals surface area contributed by atoms with Crippen LogP contribution >= 0.6 is 39.5 Å². The Hall–Kier alpha value is -0.920. The molecule has 4 nitrogen and oxygen atoms in total. The van der Waals surface area contributed by atoms with Gasteiger partial charge in [0.1, 0.15) is 10.4 Å². The number of halogens is 1. The highest BCUT2D eigenvalue weighted by molar-refractivity contribution is 9.10. The topological polar surface area (TPSA) is 34.0 Å². The lowest BCUT2D eigenvalue weighted by Crippen LogP contribution is -2.30. The second-order valence-corrected chi connectivity index (χ2v) is 8.12. The van der Waals surface area contributed by atoms with E-state index in [0.29, 0.717) is 0 Å². The summed E-state index contributed by atoms with van der Waals surface area (Å²) in [6.07, 6.45) is 3.29. The van der Waals surface area contributed by atoms with E-state index in [9.17, 15) is 0 Å². The quantitative estimate of drug-likeness (QED) is 0.752. The van der Waals surface area contributed by atoms with Crippen LogP contribution in [0.1, 0.15) is 36.5 Å². The monoisotopic (exact) mass is 394 g/mol. The number of hydrogen-bond acceptors (Lipinski definition) is 5. The van der Waals surface area contributed by atoms with Crippen LogP contribution in [0.3, 0.4) is 0 Å². The Labute approximate surface area is 146 Å². The maximum Gasteiger partial charge on any atom is 0.216 e. The number of hydrogen-bond donors (Lipinski definition) is 0. The third kappa shape index (κ3) is 2.39. The summed E-state index contributed by atoms with van der Waals surface area (Å²) in [5, 5.41) is 15.8. The van der Waals surface area contributed by atoms with E-state index in [1.807, 2.05) is 11.8 Å². The SMILES string of the molecule is CCCCc1nnc2n1N1C(=CSC1c1cccc(Br)c1)S2. The van der Waals surface area contributed by atoms with Crippen molar-refractivity contribution in [3.63, 3.8) is 0 Å². The highest BCUT2D eigenvalue weighted by Crippen LogP contribution is 2.51. The van der Waals surface area contributed by atoms with Crippen molar-refractivity contribution in [2.24, 2.45) is 0 Å². The number of fused-ring (bicyclic) bond motifs is 3. The molecular weight excluding hydrogens is 380 g/mol. The summed E-state index contributed by atoms with van der Waals surface area (Å²) >= 11 is 7.12. The highest BCUT2D eigenvalue weighted by atomic mass is 79.9. The molecule has 3 heterocycles. The molecule has 7 heteroatoms. The molecule has 0 bridgehead atoms. The summed E-state index contributed by atoms with van der Waals surface area (Å²) in [6, 6.07) is 8.52. The first kappa shape index (κ1) is 14.7. The number of benzene rings is 1. The van der Waals surface area contributed by atoms with Crippen molar-refractivity contribution < 1.29 is 0 Å². The second-order valence-electron chi connectivity index (χ2n) is 5.26. The van der Waals surface area contributed by atoms with Crippen molar-refractivity contribution in [1.82, 2.24) is 14.9 Å². The first-order valence-corrected chi connectivity index (χ1v) is 9.86. The zero-order valence-corrected chi connectivity index (χ0v) is 15.3. The van der Waals surface area contributed by atoms with Crippen LogP contribution < -0.4 is 5.01 Å². The van der Waals surface area contributed by atoms with Crippen LogP contribution in [-0.2, 0) is 6.42 Å². The second kappa shape index (κ2) is 5.94. The molecule has 1 atom stereocenters. The maximum absolute atomic E-state index is 4.39. The summed E-state index contributed by atoms with van der Waals surface area (Å²) in [5.41, 5.74) is 1.29. The van der Waals surface area contributed by atoms with E-state index in [1.165, 1.54) is 17.0 Å². The molecule has 0 fully saturated rings. The van der Waals surface area contributed by atoms with Gasteiger partial charge in [-0.3, -0.25) is 5.01 Å². The standard InChI is InChI=1S/C15H15BrN4S2/c1-2-3-7-12-17-18-15-19(12)20-13(22-15)9-21-14(20)10-5-4-6-11(16)8-10/h4-6,8-9,14H,2-3,7H2,1H3. The number of rotatable bonds is 4. The predicted octanol–water partition coefficient (Wildman–Crippen LogP) is 4.67. The van der Waals surface area contributed by atoms with Crippen molar-refractivity contribution in [1.29, 1.82) is 0 Å². The fourth-order valence-corrected chi connectivity index (χ4v) is 5.32. The molecule has 0 N–H and O–H groups in total. The molecule has 1 unspecified atom stereocenters. The summed E-state index contributed by atoms with van der Waals surface area (Å²) in [4.78, 5) is 0. The molecule has 0 amide bonds. The minimum Gasteiger partial charge on any atom is -0.252 e. The van der Waals surface area contributed by atoms with E-state index in [0.717, 1.165) is 28.3 Å². The van der Waals surface area contributed by atoms with Gasteiger partial charge in [0.15, 0.2) is 5.82 Å². The smallest absolute Gasteiger partial charge is 0.216 e. The molecule has 1 aromatic heterocycles. The summed E-state index contributed by atoms with van der Waals surface area (Å²) in [5.74, 6) is 1.07. The number of thioether (sulfide) groups is 2. The zero-order chi connectivity index (χ0) is 15.1. The van der Waals surface area contributed by atoms with Gasteiger partial charge >= 0.3 is 0 Å². The molecule has 0 saturated carbocycles. The van der Waals surface area contributed by atoms with Crippen molar-refractivity contribution in [2.75, 3.05) is 5.01 Å². The Balaban J connectivity index is 1.70. The lowest BCUT2D eigenvalue weighted by atomic mass is 10.2. The Morgan fingerprint density at radius 3 is 3.05 bits per heavy atom. The van der Waals surface area contributed by atoms with Crippen molar-refractivity contribution in [3.8, 4) is 0 Å². The highest BCUT2D eigenvalue weighted by Gasteiger charge is 2.39. The number of aryl methyl sites for hydroxylation is 1. The fraction of sp³-hybridized carbons (Fsp3) is 0.333. The van der Waals surface area contributed by atoms with Crippen LogP contribution in [0.2, 0.25) is 0 Å². The van der Waals surface area contributed by atoms with Crippen molar-refractivity contribution in [3.05, 3.63) is 50.6 Å². The molecule has 1 aromatic carbocycles. The van der Waals surface area contributed by atoms with E-state index in [4.69, 9.17) is 0 Å². The largest absolute Gasteiger partial charge is 0.252 e. The normalized spacial score (nSPS) is 19.3. The van der Waals surface area contributed by atoms with Crippen LogP contribution in [0.15, 0.2) is 44.3 Å². The molecule has 114 valence electrons. The van der Waals surface area contributed by atoms with Gasteiger partial charge in [-0.05, 0) is 35.9 Å². The van der Waals surface area contributed by atoms with Gasteiger partial charge in [-0.25, -0.2) is 4.68 Å². The Kier molecular flexibility index (Phi) is 3.96. The lowest BCUT2D eigenvalue weighted by Gasteiger charge is -2.26. The molecule has 0 spiro atoms. The fourth-order valence-electron chi connectivity index (χ4n) is 2.66. The molecule has 0 radical (unpaired) electrons. The van der Waals surface area contributed by atoms with Crippen LogP contribution in [0.5, 0.6) is 0 Å². The molecule has 0 saturated heterocycles. The van der Waals surface area contributed by atoms with Gasteiger partial charge in [0.05, 0.1) is 0 Å². The van der Waals surface area contributed by atoms with Gasteiger partial charge < -0.3 is 0 Å².